The van der Waals surface area contributed by atoms with Gasteiger partial charge in [0.25, 0.3) is 0 Å². The van der Waals surface area contributed by atoms with E-state index in [-0.39, 0.29) is 17.8 Å². The number of hydrogen-bond acceptors (Lipinski definition) is 5. The molecular weight excluding hydrogens is 246 g/mol. The lowest BCUT2D eigenvalue weighted by Gasteiger charge is -2.25. The zero-order valence-electron chi connectivity index (χ0n) is 12.6. The topological polar surface area (TPSA) is 61.6 Å². The molecule has 1 heterocycles. The molecular formula is C14H23NO4. The Hall–Kier alpha value is -1.36. The van der Waals surface area contributed by atoms with Crippen molar-refractivity contribution >= 4 is 5.97 Å². The van der Waals surface area contributed by atoms with Crippen LogP contribution in [0.2, 0.25) is 0 Å². The van der Waals surface area contributed by atoms with Gasteiger partial charge >= 0.3 is 5.97 Å². The first-order valence-electron chi connectivity index (χ1n) is 6.35. The molecule has 1 unspecified atom stereocenters. The van der Waals surface area contributed by atoms with Crippen LogP contribution in [0.15, 0.2) is 4.42 Å². The van der Waals surface area contributed by atoms with E-state index in [4.69, 9.17) is 9.15 Å². The Kier molecular flexibility index (Phi) is 5.11. The van der Waals surface area contributed by atoms with Gasteiger partial charge < -0.3 is 13.9 Å². The standard InChI is InChI=1S/C14H23NO4/c1-9(14(2,3)4)7-11-15-10(8-17-5)12(19-11)13(16)18-6/h9H,7-8H2,1-6H3. The minimum atomic E-state index is -0.519. The van der Waals surface area contributed by atoms with E-state index in [1.54, 1.807) is 7.11 Å². The highest BCUT2D eigenvalue weighted by Crippen LogP contribution is 2.29. The highest BCUT2D eigenvalue weighted by molar-refractivity contribution is 5.87. The lowest BCUT2D eigenvalue weighted by molar-refractivity contribution is 0.0555. The molecule has 0 N–H and O–H groups in total. The quantitative estimate of drug-likeness (QED) is 0.769. The molecule has 0 spiro atoms. The molecule has 0 fully saturated rings. The number of oxazole rings is 1. The molecule has 1 rings (SSSR count). The second kappa shape index (κ2) is 6.19. The highest BCUT2D eigenvalue weighted by atomic mass is 16.5. The van der Waals surface area contributed by atoms with Crippen LogP contribution in [0.1, 0.15) is 49.8 Å². The fourth-order valence-electron chi connectivity index (χ4n) is 1.54. The number of carbonyl (C=O) groups excluding carboxylic acids is 1. The van der Waals surface area contributed by atoms with Crippen molar-refractivity contribution in [3.8, 4) is 0 Å². The Morgan fingerprint density at radius 1 is 1.37 bits per heavy atom. The minimum absolute atomic E-state index is 0.139. The molecule has 0 saturated carbocycles. The van der Waals surface area contributed by atoms with Crippen molar-refractivity contribution < 1.29 is 18.7 Å². The highest BCUT2D eigenvalue weighted by Gasteiger charge is 2.25. The third-order valence-corrected chi connectivity index (χ3v) is 3.35. The monoisotopic (exact) mass is 269 g/mol. The summed E-state index contributed by atoms with van der Waals surface area (Å²) in [5, 5.41) is 0. The van der Waals surface area contributed by atoms with Crippen LogP contribution in [0.3, 0.4) is 0 Å². The van der Waals surface area contributed by atoms with Gasteiger partial charge in [0.2, 0.25) is 5.76 Å². The van der Waals surface area contributed by atoms with Gasteiger partial charge in [-0.15, -0.1) is 0 Å². The Morgan fingerprint density at radius 2 is 2.00 bits per heavy atom. The molecule has 19 heavy (non-hydrogen) atoms. The summed E-state index contributed by atoms with van der Waals surface area (Å²) in [5.41, 5.74) is 0.645. The largest absolute Gasteiger partial charge is 0.463 e. The van der Waals surface area contributed by atoms with Gasteiger partial charge in [-0.3, -0.25) is 0 Å². The molecule has 0 radical (unpaired) electrons. The minimum Gasteiger partial charge on any atom is -0.463 e. The van der Waals surface area contributed by atoms with Crippen molar-refractivity contribution in [2.24, 2.45) is 11.3 Å². The Labute approximate surface area is 114 Å². The number of methoxy groups -OCH3 is 2. The van der Waals surface area contributed by atoms with Crippen LogP contribution >= 0.6 is 0 Å². The number of hydrogen-bond donors (Lipinski definition) is 0. The Bertz CT molecular complexity index is 431. The maximum Gasteiger partial charge on any atom is 0.376 e. The Balaban J connectivity index is 2.95. The molecule has 1 aromatic rings. The number of esters is 1. The fraction of sp³-hybridized carbons (Fsp3) is 0.714. The number of nitrogens with zero attached hydrogens (tertiary/aromatic N) is 1. The summed E-state index contributed by atoms with van der Waals surface area (Å²) in [4.78, 5) is 15.9. The van der Waals surface area contributed by atoms with Gasteiger partial charge in [-0.25, -0.2) is 9.78 Å². The third kappa shape index (κ3) is 4.06. The molecule has 0 aromatic carbocycles. The van der Waals surface area contributed by atoms with Crippen LogP contribution in [0, 0.1) is 11.3 Å². The summed E-state index contributed by atoms with van der Waals surface area (Å²) >= 11 is 0. The zero-order chi connectivity index (χ0) is 14.6. The van der Waals surface area contributed by atoms with E-state index in [1.807, 2.05) is 0 Å². The zero-order valence-corrected chi connectivity index (χ0v) is 12.6. The third-order valence-electron chi connectivity index (χ3n) is 3.35. The van der Waals surface area contributed by atoms with E-state index in [9.17, 15) is 4.79 Å². The summed E-state index contributed by atoms with van der Waals surface area (Å²) in [7, 11) is 2.87. The molecule has 5 heteroatoms. The van der Waals surface area contributed by atoms with E-state index >= 15 is 0 Å². The molecule has 5 nitrogen and oxygen atoms in total. The molecule has 1 aromatic heterocycles. The summed E-state index contributed by atoms with van der Waals surface area (Å²) in [6.45, 7) is 8.86. The lowest BCUT2D eigenvalue weighted by atomic mass is 9.80. The van der Waals surface area contributed by atoms with Crippen LogP contribution in [-0.2, 0) is 22.5 Å². The Morgan fingerprint density at radius 3 is 2.47 bits per heavy atom. The van der Waals surface area contributed by atoms with Crippen LogP contribution < -0.4 is 0 Å². The predicted octanol–water partition coefficient (Wildman–Crippen LogP) is 2.83. The molecule has 0 aliphatic heterocycles. The number of rotatable bonds is 5. The fourth-order valence-corrected chi connectivity index (χ4v) is 1.54. The van der Waals surface area contributed by atoms with Crippen LogP contribution in [0.5, 0.6) is 0 Å². The van der Waals surface area contributed by atoms with Gasteiger partial charge in [0, 0.05) is 13.5 Å². The van der Waals surface area contributed by atoms with Gasteiger partial charge in [-0.05, 0) is 11.3 Å². The van der Waals surface area contributed by atoms with E-state index in [0.717, 1.165) is 0 Å². The van der Waals surface area contributed by atoms with Gasteiger partial charge in [0.15, 0.2) is 5.89 Å². The first-order chi connectivity index (χ1) is 8.79. The second-order valence-electron chi connectivity index (χ2n) is 5.78. The maximum atomic E-state index is 11.6. The van der Waals surface area contributed by atoms with E-state index in [2.05, 4.69) is 37.4 Å². The smallest absolute Gasteiger partial charge is 0.376 e. The summed E-state index contributed by atoms with van der Waals surface area (Å²) in [6.07, 6.45) is 0.678. The van der Waals surface area contributed by atoms with Gasteiger partial charge in [0.1, 0.15) is 5.69 Å². The molecule has 0 aliphatic carbocycles. The first kappa shape index (κ1) is 15.7. The second-order valence-corrected chi connectivity index (χ2v) is 5.78. The molecule has 0 saturated heterocycles. The summed E-state index contributed by atoms with van der Waals surface area (Å²) < 4.78 is 15.2. The average Bonchev–Trinajstić information content (AvgIpc) is 2.70. The van der Waals surface area contributed by atoms with E-state index < -0.39 is 5.97 Å². The average molecular weight is 269 g/mol. The molecule has 0 aliphatic rings. The van der Waals surface area contributed by atoms with E-state index in [1.165, 1.54) is 7.11 Å². The first-order valence-corrected chi connectivity index (χ1v) is 6.35. The molecule has 108 valence electrons. The molecule has 1 atom stereocenters. The van der Waals surface area contributed by atoms with E-state index in [0.29, 0.717) is 23.9 Å². The van der Waals surface area contributed by atoms with Crippen molar-refractivity contribution in [1.29, 1.82) is 0 Å². The van der Waals surface area contributed by atoms with Crippen molar-refractivity contribution in [1.82, 2.24) is 4.98 Å². The summed E-state index contributed by atoms with van der Waals surface area (Å²) in [5.74, 6) is 0.552. The molecule has 0 amide bonds. The van der Waals surface area contributed by atoms with Crippen molar-refractivity contribution in [3.05, 3.63) is 17.3 Å². The predicted molar refractivity (Wildman–Crippen MR) is 70.9 cm³/mol. The van der Waals surface area contributed by atoms with Gasteiger partial charge in [-0.2, -0.15) is 0 Å². The van der Waals surface area contributed by atoms with Crippen molar-refractivity contribution in [2.45, 2.75) is 40.7 Å². The van der Waals surface area contributed by atoms with Crippen LogP contribution in [-0.4, -0.2) is 25.2 Å². The number of aromatic nitrogens is 1. The SMILES string of the molecule is COCc1nc(CC(C)C(C)(C)C)oc1C(=O)OC. The van der Waals surface area contributed by atoms with Gasteiger partial charge in [0.05, 0.1) is 13.7 Å². The summed E-state index contributed by atoms with van der Waals surface area (Å²) in [6, 6.07) is 0. The maximum absolute atomic E-state index is 11.6. The van der Waals surface area contributed by atoms with Crippen molar-refractivity contribution in [2.75, 3.05) is 14.2 Å². The number of ether oxygens (including phenoxy) is 2. The number of carbonyl (C=O) groups is 1. The van der Waals surface area contributed by atoms with Gasteiger partial charge in [-0.1, -0.05) is 27.7 Å². The molecule has 0 bridgehead atoms. The van der Waals surface area contributed by atoms with Crippen LogP contribution in [0.4, 0.5) is 0 Å². The lowest BCUT2D eigenvalue weighted by Crippen LogP contribution is -2.19. The van der Waals surface area contributed by atoms with Crippen LogP contribution in [0.25, 0.3) is 0 Å². The van der Waals surface area contributed by atoms with Crippen molar-refractivity contribution in [3.63, 3.8) is 0 Å². The normalized spacial score (nSPS) is 13.4.